The van der Waals surface area contributed by atoms with Crippen LogP contribution in [0.25, 0.3) is 0 Å². The Kier molecular flexibility index (Phi) is 5.41. The summed E-state index contributed by atoms with van der Waals surface area (Å²) < 4.78 is 0. The van der Waals surface area contributed by atoms with Gasteiger partial charge in [-0.2, -0.15) is 0 Å². The predicted octanol–water partition coefficient (Wildman–Crippen LogP) is 0.595. The highest BCUT2D eigenvalue weighted by Gasteiger charge is 2.37. The second-order valence-corrected chi connectivity index (χ2v) is 4.77. The second kappa shape index (κ2) is 6.35. The first kappa shape index (κ1) is 13.6. The van der Waals surface area contributed by atoms with Crippen LogP contribution in [-0.2, 0) is 0 Å². The van der Waals surface area contributed by atoms with E-state index in [4.69, 9.17) is 28.8 Å². The molecule has 0 aromatic carbocycles. The molecule has 1 aliphatic rings. The van der Waals surface area contributed by atoms with Crippen molar-refractivity contribution in [3.8, 4) is 0 Å². The van der Waals surface area contributed by atoms with Crippen molar-refractivity contribution in [2.75, 3.05) is 19.6 Å². The smallest absolute Gasteiger partial charge is 0.0736 e. The molecule has 0 saturated heterocycles. The first-order chi connectivity index (χ1) is 7.68. The molecule has 2 unspecified atom stereocenters. The molecule has 0 radical (unpaired) electrons. The van der Waals surface area contributed by atoms with E-state index in [9.17, 15) is 0 Å². The Morgan fingerprint density at radius 3 is 2.56 bits per heavy atom. The molecule has 1 heterocycles. The predicted molar refractivity (Wildman–Crippen MR) is 69.7 cm³/mol. The number of rotatable bonds is 6. The second-order valence-electron chi connectivity index (χ2n) is 4.07. The number of hydrogen-bond acceptors (Lipinski definition) is 4. The molecule has 4 nitrogen and oxygen atoms in total. The van der Waals surface area contributed by atoms with Gasteiger partial charge in [-0.05, 0) is 45.0 Å². The van der Waals surface area contributed by atoms with Gasteiger partial charge in [0.2, 0.25) is 0 Å². The molecule has 0 fully saturated rings. The number of hydrogen-bond donors (Lipinski definition) is 3. The minimum absolute atomic E-state index is 0.163. The molecule has 1 rings (SSSR count). The Balaban J connectivity index is 2.86. The van der Waals surface area contributed by atoms with Crippen LogP contribution < -0.4 is 17.2 Å². The number of alkyl halides is 1. The van der Waals surface area contributed by atoms with Crippen molar-refractivity contribution in [1.82, 2.24) is 0 Å². The first-order valence-electron chi connectivity index (χ1n) is 5.71. The lowest BCUT2D eigenvalue weighted by atomic mass is 9.80. The molecule has 0 amide bonds. The lowest BCUT2D eigenvalue weighted by Crippen LogP contribution is -2.41. The average Bonchev–Trinajstić information content (AvgIpc) is 2.24. The fourth-order valence-electron chi connectivity index (χ4n) is 2.18. The Hall–Kier alpha value is -0.420. The number of nitrogens with two attached hydrogens (primary N) is 3. The van der Waals surface area contributed by atoms with Crippen LogP contribution in [-0.4, -0.2) is 30.2 Å². The molecule has 2 atom stereocenters. The maximum Gasteiger partial charge on any atom is 0.0736 e. The largest absolute Gasteiger partial charge is 0.330 e. The van der Waals surface area contributed by atoms with Crippen molar-refractivity contribution in [1.29, 1.82) is 0 Å². The third-order valence-electron chi connectivity index (χ3n) is 2.96. The molecular weight excluding hydrogens is 224 g/mol. The maximum absolute atomic E-state index is 6.61. The van der Waals surface area contributed by atoms with Gasteiger partial charge in [0.25, 0.3) is 0 Å². The first-order valence-corrected chi connectivity index (χ1v) is 6.09. The summed E-state index contributed by atoms with van der Waals surface area (Å²) in [7, 11) is 0. The summed E-state index contributed by atoms with van der Waals surface area (Å²) in [5.74, 6) is 0.163. The summed E-state index contributed by atoms with van der Waals surface area (Å²) in [6, 6.07) is 0. The molecule has 5 heteroatoms. The van der Waals surface area contributed by atoms with Crippen LogP contribution in [0.15, 0.2) is 17.3 Å². The van der Waals surface area contributed by atoms with Gasteiger partial charge in [-0.1, -0.05) is 0 Å². The van der Waals surface area contributed by atoms with Gasteiger partial charge in [0.05, 0.1) is 4.87 Å². The van der Waals surface area contributed by atoms with Gasteiger partial charge in [-0.15, -0.1) is 11.6 Å². The zero-order valence-electron chi connectivity index (χ0n) is 9.53. The van der Waals surface area contributed by atoms with E-state index in [-0.39, 0.29) is 5.92 Å². The van der Waals surface area contributed by atoms with Crippen molar-refractivity contribution >= 4 is 17.3 Å². The van der Waals surface area contributed by atoms with E-state index in [1.165, 1.54) is 0 Å². The lowest BCUT2D eigenvalue weighted by molar-refractivity contribution is 0.473. The fourth-order valence-corrected chi connectivity index (χ4v) is 2.58. The number of nitrogens with zero attached hydrogens (tertiary/aromatic N) is 1. The number of aliphatic imine (C=N–C) groups is 1. The SMILES string of the molecule is NCCC1=NC=CC(Cl)(CCN)C1CCN. The monoisotopic (exact) mass is 244 g/mol. The third kappa shape index (κ3) is 3.04. The van der Waals surface area contributed by atoms with Gasteiger partial charge in [0.15, 0.2) is 0 Å². The number of allylic oxidation sites excluding steroid dienone is 1. The topological polar surface area (TPSA) is 90.4 Å². The molecule has 0 aliphatic carbocycles. The van der Waals surface area contributed by atoms with E-state index >= 15 is 0 Å². The van der Waals surface area contributed by atoms with E-state index < -0.39 is 4.87 Å². The van der Waals surface area contributed by atoms with E-state index in [0.717, 1.165) is 25.0 Å². The summed E-state index contributed by atoms with van der Waals surface area (Å²) in [4.78, 5) is 3.94. The van der Waals surface area contributed by atoms with Crippen molar-refractivity contribution < 1.29 is 0 Å². The standard InChI is InChI=1S/C11H21ClN4/c12-11(3-7-15)4-8-16-10(2-6-14)9(11)1-5-13/h4,8-9H,1-3,5-7,13-15H2. The highest BCUT2D eigenvalue weighted by molar-refractivity contribution is 6.27. The Morgan fingerprint density at radius 1 is 1.25 bits per heavy atom. The minimum Gasteiger partial charge on any atom is -0.330 e. The van der Waals surface area contributed by atoms with Crippen LogP contribution in [0.3, 0.4) is 0 Å². The van der Waals surface area contributed by atoms with E-state index in [2.05, 4.69) is 4.99 Å². The molecule has 0 saturated carbocycles. The lowest BCUT2D eigenvalue weighted by Gasteiger charge is -2.35. The normalized spacial score (nSPS) is 29.2. The van der Waals surface area contributed by atoms with E-state index in [1.54, 1.807) is 6.20 Å². The molecule has 0 bridgehead atoms. The van der Waals surface area contributed by atoms with E-state index in [0.29, 0.717) is 19.6 Å². The van der Waals surface area contributed by atoms with Crippen molar-refractivity contribution in [2.24, 2.45) is 28.1 Å². The molecule has 0 aromatic rings. The van der Waals surface area contributed by atoms with Crippen LogP contribution in [0, 0.1) is 5.92 Å². The maximum atomic E-state index is 6.61. The quantitative estimate of drug-likeness (QED) is 0.598. The van der Waals surface area contributed by atoms with Gasteiger partial charge in [0, 0.05) is 17.8 Å². The molecular formula is C11H21ClN4. The molecule has 0 spiro atoms. The Bertz CT molecular complexity index is 277. The van der Waals surface area contributed by atoms with Crippen molar-refractivity contribution in [2.45, 2.75) is 24.1 Å². The zero-order valence-corrected chi connectivity index (χ0v) is 10.3. The van der Waals surface area contributed by atoms with E-state index in [1.807, 2.05) is 6.08 Å². The summed E-state index contributed by atoms with van der Waals surface area (Å²) in [5, 5.41) is 0. The Morgan fingerprint density at radius 2 is 2.00 bits per heavy atom. The Labute approximate surface area is 102 Å². The number of halogens is 1. The van der Waals surface area contributed by atoms with Crippen LogP contribution in [0.4, 0.5) is 0 Å². The summed E-state index contributed by atoms with van der Waals surface area (Å²) in [6.45, 7) is 1.75. The van der Waals surface area contributed by atoms with Crippen LogP contribution >= 0.6 is 11.6 Å². The highest BCUT2D eigenvalue weighted by Crippen LogP contribution is 2.37. The van der Waals surface area contributed by atoms with Gasteiger partial charge >= 0.3 is 0 Å². The summed E-state index contributed by atoms with van der Waals surface area (Å²) >= 11 is 6.61. The van der Waals surface area contributed by atoms with Crippen molar-refractivity contribution in [3.05, 3.63) is 12.3 Å². The van der Waals surface area contributed by atoms with Crippen LogP contribution in [0.1, 0.15) is 19.3 Å². The molecule has 0 aromatic heterocycles. The summed E-state index contributed by atoms with van der Waals surface area (Å²) in [5.41, 5.74) is 17.9. The fraction of sp³-hybridized carbons (Fsp3) is 0.727. The summed E-state index contributed by atoms with van der Waals surface area (Å²) in [6.07, 6.45) is 6.03. The third-order valence-corrected chi connectivity index (χ3v) is 3.54. The van der Waals surface area contributed by atoms with Gasteiger partial charge in [0.1, 0.15) is 0 Å². The molecule has 92 valence electrons. The average molecular weight is 245 g/mol. The minimum atomic E-state index is -0.430. The molecule has 16 heavy (non-hydrogen) atoms. The van der Waals surface area contributed by atoms with Gasteiger partial charge in [-0.3, -0.25) is 4.99 Å². The van der Waals surface area contributed by atoms with Crippen LogP contribution in [0.2, 0.25) is 0 Å². The molecule has 1 aliphatic heterocycles. The zero-order chi connectivity index (χ0) is 12.0. The van der Waals surface area contributed by atoms with Crippen molar-refractivity contribution in [3.63, 3.8) is 0 Å². The van der Waals surface area contributed by atoms with Crippen LogP contribution in [0.5, 0.6) is 0 Å². The highest BCUT2D eigenvalue weighted by atomic mass is 35.5. The van der Waals surface area contributed by atoms with Gasteiger partial charge in [-0.25, -0.2) is 0 Å². The molecule has 6 N–H and O–H groups in total. The van der Waals surface area contributed by atoms with Gasteiger partial charge < -0.3 is 17.2 Å².